The summed E-state index contributed by atoms with van der Waals surface area (Å²) in [5.41, 5.74) is 0.719. The van der Waals surface area contributed by atoms with Crippen LogP contribution in [0.5, 0.6) is 5.75 Å². The third-order valence-corrected chi connectivity index (χ3v) is 3.22. The van der Waals surface area contributed by atoms with E-state index in [4.69, 9.17) is 23.7 Å². The van der Waals surface area contributed by atoms with Gasteiger partial charge in [-0.05, 0) is 6.07 Å². The summed E-state index contributed by atoms with van der Waals surface area (Å²) in [5, 5.41) is 9.96. The van der Waals surface area contributed by atoms with Crippen molar-refractivity contribution in [3.63, 3.8) is 0 Å². The Bertz CT molecular complexity index is 395. The van der Waals surface area contributed by atoms with Gasteiger partial charge in [0, 0.05) is 5.56 Å². The molecule has 0 saturated carbocycles. The lowest BCUT2D eigenvalue weighted by atomic mass is 10.1. The fourth-order valence-electron chi connectivity index (χ4n) is 2.09. The van der Waals surface area contributed by atoms with Crippen LogP contribution in [-0.2, 0) is 23.7 Å². The lowest BCUT2D eigenvalue weighted by Crippen LogP contribution is -2.17. The normalized spacial score (nSPS) is 23.4. The molecular formula is C16H24O6. The average molecular weight is 312 g/mol. The number of rotatable bonds is 1. The van der Waals surface area contributed by atoms with Crippen molar-refractivity contribution in [2.45, 2.75) is 6.10 Å². The summed E-state index contributed by atoms with van der Waals surface area (Å²) < 4.78 is 27.6. The Kier molecular flexibility index (Phi) is 8.22. The number of phenolic OH excluding ortho intramolecular Hbond substituents is 1. The first-order valence-electron chi connectivity index (χ1n) is 7.58. The number of phenols is 1. The monoisotopic (exact) mass is 312 g/mol. The molecule has 2 rings (SSSR count). The number of ether oxygens (including phenoxy) is 5. The van der Waals surface area contributed by atoms with Crippen LogP contribution in [0.1, 0.15) is 11.7 Å². The van der Waals surface area contributed by atoms with Gasteiger partial charge in [0.2, 0.25) is 0 Å². The highest BCUT2D eigenvalue weighted by atomic mass is 16.6. The van der Waals surface area contributed by atoms with Crippen LogP contribution >= 0.6 is 0 Å². The molecule has 0 amide bonds. The number of benzene rings is 1. The van der Waals surface area contributed by atoms with E-state index in [9.17, 15) is 5.11 Å². The summed E-state index contributed by atoms with van der Waals surface area (Å²) in [6.07, 6.45) is -0.328. The highest BCUT2D eigenvalue weighted by Gasteiger charge is 2.16. The zero-order chi connectivity index (χ0) is 15.5. The second-order valence-corrected chi connectivity index (χ2v) is 4.83. The molecule has 0 aromatic heterocycles. The molecule has 0 bridgehead atoms. The van der Waals surface area contributed by atoms with Crippen molar-refractivity contribution in [1.29, 1.82) is 0 Å². The smallest absolute Gasteiger partial charge is 0.121 e. The lowest BCUT2D eigenvalue weighted by molar-refractivity contribution is -0.0478. The molecule has 1 aromatic carbocycles. The highest BCUT2D eigenvalue weighted by molar-refractivity contribution is 5.33. The summed E-state index contributed by atoms with van der Waals surface area (Å²) >= 11 is 0. The first kappa shape index (κ1) is 17.2. The maximum Gasteiger partial charge on any atom is 0.121 e. The minimum Gasteiger partial charge on any atom is -0.508 e. The quantitative estimate of drug-likeness (QED) is 0.848. The van der Waals surface area contributed by atoms with Gasteiger partial charge in [-0.1, -0.05) is 18.2 Å². The van der Waals surface area contributed by atoms with Gasteiger partial charge in [-0.3, -0.25) is 0 Å². The zero-order valence-corrected chi connectivity index (χ0v) is 12.7. The molecule has 0 aliphatic carbocycles. The van der Waals surface area contributed by atoms with Crippen LogP contribution < -0.4 is 0 Å². The molecule has 1 atom stereocenters. The molecule has 1 aromatic rings. The van der Waals surface area contributed by atoms with E-state index >= 15 is 0 Å². The molecule has 0 spiro atoms. The van der Waals surface area contributed by atoms with Gasteiger partial charge in [-0.25, -0.2) is 0 Å². The van der Waals surface area contributed by atoms with E-state index in [1.54, 1.807) is 12.1 Å². The molecule has 1 heterocycles. The lowest BCUT2D eigenvalue weighted by Gasteiger charge is -2.19. The molecule has 1 fully saturated rings. The van der Waals surface area contributed by atoms with E-state index in [-0.39, 0.29) is 11.9 Å². The van der Waals surface area contributed by atoms with Crippen LogP contribution in [0.4, 0.5) is 0 Å². The van der Waals surface area contributed by atoms with E-state index in [2.05, 4.69) is 0 Å². The molecule has 6 heteroatoms. The molecule has 22 heavy (non-hydrogen) atoms. The minimum atomic E-state index is -0.328. The molecule has 0 radical (unpaired) electrons. The van der Waals surface area contributed by atoms with Crippen LogP contribution in [0.25, 0.3) is 0 Å². The first-order valence-corrected chi connectivity index (χ1v) is 7.58. The van der Waals surface area contributed by atoms with Crippen LogP contribution in [0.15, 0.2) is 24.3 Å². The number of para-hydroxylation sites is 1. The molecule has 1 aliphatic rings. The average Bonchev–Trinajstić information content (AvgIpc) is 2.54. The van der Waals surface area contributed by atoms with Crippen LogP contribution in [0.2, 0.25) is 0 Å². The van der Waals surface area contributed by atoms with E-state index in [1.807, 2.05) is 12.1 Å². The fourth-order valence-corrected chi connectivity index (χ4v) is 2.09. The molecule has 6 nitrogen and oxygen atoms in total. The van der Waals surface area contributed by atoms with Crippen molar-refractivity contribution in [3.05, 3.63) is 29.8 Å². The van der Waals surface area contributed by atoms with Crippen LogP contribution in [0.3, 0.4) is 0 Å². The van der Waals surface area contributed by atoms with Gasteiger partial charge in [-0.15, -0.1) is 0 Å². The van der Waals surface area contributed by atoms with Crippen molar-refractivity contribution >= 4 is 0 Å². The summed E-state index contributed by atoms with van der Waals surface area (Å²) in [6.45, 7) is 4.42. The molecule has 1 aliphatic heterocycles. The number of aromatic hydroxyl groups is 1. The Morgan fingerprint density at radius 3 is 1.91 bits per heavy atom. The Balaban J connectivity index is 1.89. The minimum absolute atomic E-state index is 0.208. The van der Waals surface area contributed by atoms with Crippen molar-refractivity contribution < 1.29 is 28.8 Å². The first-order chi connectivity index (χ1) is 10.9. The third kappa shape index (κ3) is 6.29. The van der Waals surface area contributed by atoms with E-state index in [0.717, 1.165) is 5.56 Å². The molecule has 1 unspecified atom stereocenters. The van der Waals surface area contributed by atoms with E-state index in [1.165, 1.54) is 0 Å². The van der Waals surface area contributed by atoms with Crippen molar-refractivity contribution in [2.75, 3.05) is 59.5 Å². The number of hydrogen-bond acceptors (Lipinski definition) is 6. The molecule has 124 valence electrons. The summed E-state index contributed by atoms with van der Waals surface area (Å²) in [6, 6.07) is 7.13. The van der Waals surface area contributed by atoms with Crippen LogP contribution in [0, 0.1) is 0 Å². The van der Waals surface area contributed by atoms with Gasteiger partial charge >= 0.3 is 0 Å². The van der Waals surface area contributed by atoms with E-state index in [0.29, 0.717) is 59.5 Å². The second kappa shape index (κ2) is 10.5. The van der Waals surface area contributed by atoms with Gasteiger partial charge in [0.15, 0.2) is 0 Å². The summed E-state index contributed by atoms with van der Waals surface area (Å²) in [7, 11) is 0. The maximum atomic E-state index is 9.96. The Labute approximate surface area is 130 Å². The van der Waals surface area contributed by atoms with Crippen LogP contribution in [-0.4, -0.2) is 64.6 Å². The van der Waals surface area contributed by atoms with E-state index < -0.39 is 0 Å². The van der Waals surface area contributed by atoms with Crippen molar-refractivity contribution in [2.24, 2.45) is 0 Å². The van der Waals surface area contributed by atoms with Gasteiger partial charge in [-0.2, -0.15) is 0 Å². The van der Waals surface area contributed by atoms with Crippen molar-refractivity contribution in [1.82, 2.24) is 0 Å². The second-order valence-electron chi connectivity index (χ2n) is 4.83. The predicted octanol–water partition coefficient (Wildman–Crippen LogP) is 1.53. The predicted molar refractivity (Wildman–Crippen MR) is 80.1 cm³/mol. The van der Waals surface area contributed by atoms with Crippen molar-refractivity contribution in [3.8, 4) is 5.75 Å². The molecule has 1 N–H and O–H groups in total. The fraction of sp³-hybridized carbons (Fsp3) is 0.625. The largest absolute Gasteiger partial charge is 0.508 e. The van der Waals surface area contributed by atoms with Gasteiger partial charge < -0.3 is 28.8 Å². The Hall–Kier alpha value is -1.18. The third-order valence-electron chi connectivity index (χ3n) is 3.22. The van der Waals surface area contributed by atoms with Gasteiger partial charge in [0.25, 0.3) is 0 Å². The SMILES string of the molecule is Oc1ccccc1C1COCCOCCOCCOCCO1. The van der Waals surface area contributed by atoms with Gasteiger partial charge in [0.1, 0.15) is 11.9 Å². The zero-order valence-electron chi connectivity index (χ0n) is 12.7. The Morgan fingerprint density at radius 1 is 0.727 bits per heavy atom. The highest BCUT2D eigenvalue weighted by Crippen LogP contribution is 2.26. The summed E-state index contributed by atoms with van der Waals surface area (Å²) in [5.74, 6) is 0.208. The summed E-state index contributed by atoms with van der Waals surface area (Å²) in [4.78, 5) is 0. The number of hydrogen-bond donors (Lipinski definition) is 1. The topological polar surface area (TPSA) is 66.4 Å². The maximum absolute atomic E-state index is 9.96. The molecular weight excluding hydrogens is 288 g/mol. The Morgan fingerprint density at radius 2 is 1.27 bits per heavy atom. The standard InChI is InChI=1S/C16H24O6/c17-15-4-2-1-3-14(15)16-13-21-10-9-19-6-5-18-7-8-20-11-12-22-16/h1-4,16-17H,5-13H2. The van der Waals surface area contributed by atoms with Gasteiger partial charge in [0.05, 0.1) is 59.5 Å². The molecule has 1 saturated heterocycles.